The highest BCUT2D eigenvalue weighted by Crippen LogP contribution is 2.28. The van der Waals surface area contributed by atoms with E-state index in [9.17, 15) is 4.79 Å². The zero-order chi connectivity index (χ0) is 20.7. The quantitative estimate of drug-likeness (QED) is 0.293. The molecule has 0 aromatic heterocycles. The Bertz CT molecular complexity index is 545. The number of rotatable bonds is 16. The molecule has 1 amide bonds. The topological polar surface area (TPSA) is 32.3 Å². The number of benzene rings is 1. The molecule has 3 nitrogen and oxygen atoms in total. The highest BCUT2D eigenvalue weighted by atomic mass is 16.2. The summed E-state index contributed by atoms with van der Waals surface area (Å²) in [6.07, 6.45) is 20.3. The van der Waals surface area contributed by atoms with Crippen LogP contribution in [0.2, 0.25) is 0 Å². The molecule has 1 saturated heterocycles. The van der Waals surface area contributed by atoms with Gasteiger partial charge in [-0.15, -0.1) is 0 Å². The molecule has 1 fully saturated rings. The lowest BCUT2D eigenvalue weighted by Crippen LogP contribution is -2.37. The Morgan fingerprint density at radius 1 is 0.759 bits per heavy atom. The van der Waals surface area contributed by atoms with Crippen LogP contribution in [0, 0.1) is 5.92 Å². The highest BCUT2D eigenvalue weighted by molar-refractivity contribution is 5.85. The number of carbonyl (C=O) groups is 1. The molecule has 0 radical (unpaired) electrons. The Morgan fingerprint density at radius 2 is 1.24 bits per heavy atom. The summed E-state index contributed by atoms with van der Waals surface area (Å²) in [6, 6.07) is 10.4. The normalized spacial score (nSPS) is 19.0. The molecule has 0 saturated carbocycles. The van der Waals surface area contributed by atoms with Crippen LogP contribution in [0.15, 0.2) is 30.3 Å². The first-order chi connectivity index (χ1) is 14.2. The third kappa shape index (κ3) is 8.80. The fourth-order valence-corrected chi connectivity index (χ4v) is 4.52. The third-order valence-electron chi connectivity index (χ3n) is 6.46. The van der Waals surface area contributed by atoms with Gasteiger partial charge >= 0.3 is 0 Å². The van der Waals surface area contributed by atoms with E-state index in [-0.39, 0.29) is 17.9 Å². The Morgan fingerprint density at radius 3 is 1.76 bits per heavy atom. The molecule has 1 N–H and O–H groups in total. The molecule has 0 spiro atoms. The Labute approximate surface area is 179 Å². The number of hydrogen-bond acceptors (Lipinski definition) is 2. The molecule has 2 rings (SSSR count). The zero-order valence-corrected chi connectivity index (χ0v) is 19.0. The van der Waals surface area contributed by atoms with Crippen molar-refractivity contribution in [3.05, 3.63) is 30.3 Å². The van der Waals surface area contributed by atoms with E-state index in [1.54, 1.807) is 0 Å². The van der Waals surface area contributed by atoms with Gasteiger partial charge < -0.3 is 0 Å². The summed E-state index contributed by atoms with van der Waals surface area (Å²) in [5.74, 6) is 0.309. The van der Waals surface area contributed by atoms with Gasteiger partial charge in [0.25, 0.3) is 0 Å². The van der Waals surface area contributed by atoms with Gasteiger partial charge in [0.1, 0.15) is 0 Å². The van der Waals surface area contributed by atoms with Gasteiger partial charge in [0.2, 0.25) is 5.91 Å². The number of anilines is 1. The van der Waals surface area contributed by atoms with Crippen LogP contribution in [0.1, 0.15) is 110 Å². The maximum Gasteiger partial charge on any atom is 0.243 e. The largest absolute Gasteiger partial charge is 0.282 e. The smallest absolute Gasteiger partial charge is 0.243 e. The SMILES string of the molecule is CCCCCCCCCCCCCCCCC1C(=O)NN(c2ccccc2)C1C. The van der Waals surface area contributed by atoms with Crippen molar-refractivity contribution in [2.45, 2.75) is 116 Å². The summed E-state index contributed by atoms with van der Waals surface area (Å²) in [6.45, 7) is 4.45. The molecular weight excluding hydrogens is 356 g/mol. The number of hydrazine groups is 1. The van der Waals surface area contributed by atoms with Crippen LogP contribution in [0.3, 0.4) is 0 Å². The van der Waals surface area contributed by atoms with Crippen molar-refractivity contribution in [2.75, 3.05) is 5.01 Å². The molecular formula is C26H44N2O. The molecule has 0 aliphatic carbocycles. The van der Waals surface area contributed by atoms with E-state index in [0.29, 0.717) is 0 Å². The van der Waals surface area contributed by atoms with Crippen molar-refractivity contribution in [1.82, 2.24) is 5.43 Å². The minimum absolute atomic E-state index is 0.118. The van der Waals surface area contributed by atoms with Gasteiger partial charge in [0, 0.05) is 0 Å². The average molecular weight is 401 g/mol. The molecule has 1 aliphatic heterocycles. The second kappa shape index (κ2) is 14.5. The lowest BCUT2D eigenvalue weighted by Gasteiger charge is -2.24. The number of nitrogens with one attached hydrogen (secondary N) is 1. The average Bonchev–Trinajstić information content (AvgIpc) is 3.02. The standard InChI is InChI=1S/C26H44N2O/c1-3-4-5-6-7-8-9-10-11-12-13-14-15-19-22-25-23(2)28(27-26(25)29)24-20-17-16-18-21-24/h16-18,20-21,23,25H,3-15,19,22H2,1-2H3,(H,27,29). The van der Waals surface area contributed by atoms with Crippen molar-refractivity contribution in [3.8, 4) is 0 Å². The summed E-state index contributed by atoms with van der Waals surface area (Å²) in [7, 11) is 0. The van der Waals surface area contributed by atoms with E-state index in [1.165, 1.54) is 89.9 Å². The second-order valence-corrected chi connectivity index (χ2v) is 8.91. The first kappa shape index (κ1) is 23.8. The van der Waals surface area contributed by atoms with Crippen LogP contribution < -0.4 is 10.4 Å². The second-order valence-electron chi connectivity index (χ2n) is 8.91. The molecule has 2 atom stereocenters. The number of amides is 1. The van der Waals surface area contributed by atoms with E-state index < -0.39 is 0 Å². The predicted molar refractivity (Wildman–Crippen MR) is 125 cm³/mol. The number of nitrogens with zero attached hydrogens (tertiary/aromatic N) is 1. The maximum atomic E-state index is 12.4. The van der Waals surface area contributed by atoms with Gasteiger partial charge in [-0.3, -0.25) is 15.2 Å². The van der Waals surface area contributed by atoms with E-state index in [1.807, 2.05) is 23.2 Å². The monoisotopic (exact) mass is 400 g/mol. The fraction of sp³-hybridized carbons (Fsp3) is 0.731. The minimum Gasteiger partial charge on any atom is -0.282 e. The number of unbranched alkanes of at least 4 members (excludes halogenated alkanes) is 13. The summed E-state index contributed by atoms with van der Waals surface area (Å²) in [5, 5.41) is 2.04. The van der Waals surface area contributed by atoms with Gasteiger partial charge in [0.15, 0.2) is 0 Å². The van der Waals surface area contributed by atoms with Gasteiger partial charge in [-0.05, 0) is 25.5 Å². The predicted octanol–water partition coefficient (Wildman–Crippen LogP) is 7.41. The lowest BCUT2D eigenvalue weighted by molar-refractivity contribution is -0.122. The summed E-state index contributed by atoms with van der Waals surface area (Å²) < 4.78 is 0. The number of carbonyl (C=O) groups excluding carboxylic acids is 1. The van der Waals surface area contributed by atoms with Crippen LogP contribution in [-0.4, -0.2) is 11.9 Å². The molecule has 0 bridgehead atoms. The maximum absolute atomic E-state index is 12.4. The Kier molecular flexibility index (Phi) is 11.9. The molecule has 3 heteroatoms. The summed E-state index contributed by atoms with van der Waals surface area (Å²) >= 11 is 0. The number of hydrogen-bond donors (Lipinski definition) is 1. The van der Waals surface area contributed by atoms with E-state index in [2.05, 4.69) is 31.4 Å². The van der Waals surface area contributed by atoms with Gasteiger partial charge in [-0.2, -0.15) is 0 Å². The van der Waals surface area contributed by atoms with Crippen LogP contribution in [0.4, 0.5) is 5.69 Å². The van der Waals surface area contributed by atoms with Crippen LogP contribution in [-0.2, 0) is 4.79 Å². The number of para-hydroxylation sites is 1. The molecule has 1 aromatic rings. The molecule has 164 valence electrons. The molecule has 1 aliphatic rings. The van der Waals surface area contributed by atoms with Gasteiger partial charge in [0.05, 0.1) is 17.6 Å². The highest BCUT2D eigenvalue weighted by Gasteiger charge is 2.37. The molecule has 29 heavy (non-hydrogen) atoms. The fourth-order valence-electron chi connectivity index (χ4n) is 4.52. The first-order valence-corrected chi connectivity index (χ1v) is 12.4. The van der Waals surface area contributed by atoms with E-state index in [0.717, 1.165) is 12.1 Å². The van der Waals surface area contributed by atoms with Crippen molar-refractivity contribution in [2.24, 2.45) is 5.92 Å². The first-order valence-electron chi connectivity index (χ1n) is 12.4. The summed E-state index contributed by atoms with van der Waals surface area (Å²) in [5.41, 5.74) is 4.14. The van der Waals surface area contributed by atoms with E-state index >= 15 is 0 Å². The molecule has 2 unspecified atom stereocenters. The molecule has 1 heterocycles. The van der Waals surface area contributed by atoms with Crippen molar-refractivity contribution >= 4 is 11.6 Å². The zero-order valence-electron chi connectivity index (χ0n) is 19.0. The van der Waals surface area contributed by atoms with Crippen LogP contribution in [0.25, 0.3) is 0 Å². The molecule has 1 aromatic carbocycles. The van der Waals surface area contributed by atoms with Crippen molar-refractivity contribution in [3.63, 3.8) is 0 Å². The Balaban J connectivity index is 1.45. The van der Waals surface area contributed by atoms with Crippen LogP contribution in [0.5, 0.6) is 0 Å². The van der Waals surface area contributed by atoms with Gasteiger partial charge in [-0.25, -0.2) is 0 Å². The van der Waals surface area contributed by atoms with E-state index in [4.69, 9.17) is 0 Å². The van der Waals surface area contributed by atoms with Crippen molar-refractivity contribution < 1.29 is 4.79 Å². The van der Waals surface area contributed by atoms with Crippen LogP contribution >= 0.6 is 0 Å². The Hall–Kier alpha value is -1.51. The van der Waals surface area contributed by atoms with Crippen molar-refractivity contribution in [1.29, 1.82) is 0 Å². The summed E-state index contributed by atoms with van der Waals surface area (Å²) in [4.78, 5) is 12.4. The third-order valence-corrected chi connectivity index (χ3v) is 6.46. The minimum atomic E-state index is 0.118. The lowest BCUT2D eigenvalue weighted by atomic mass is 9.94. The van der Waals surface area contributed by atoms with Gasteiger partial charge in [-0.1, -0.05) is 115 Å².